The molecule has 0 radical (unpaired) electrons. The number of benzene rings is 2. The van der Waals surface area contributed by atoms with Crippen LogP contribution in [0.25, 0.3) is 0 Å². The maximum Gasteiger partial charge on any atom is 0.261 e. The Bertz CT molecular complexity index is 552. The molecule has 4 nitrogen and oxygen atoms in total. The highest BCUT2D eigenvalue weighted by Crippen LogP contribution is 2.14. The molecule has 0 aromatic heterocycles. The van der Waals surface area contributed by atoms with E-state index in [0.29, 0.717) is 18.0 Å². The van der Waals surface area contributed by atoms with Gasteiger partial charge in [0.1, 0.15) is 5.75 Å². The van der Waals surface area contributed by atoms with E-state index in [-0.39, 0.29) is 5.91 Å². The van der Waals surface area contributed by atoms with Crippen LogP contribution in [0.2, 0.25) is 0 Å². The molecule has 0 saturated heterocycles. The Morgan fingerprint density at radius 3 is 2.45 bits per heavy atom. The molecule has 20 heavy (non-hydrogen) atoms. The highest BCUT2D eigenvalue weighted by Gasteiger charge is 2.13. The number of nitrogens with one attached hydrogen (secondary N) is 1. The van der Waals surface area contributed by atoms with Crippen LogP contribution in [0.15, 0.2) is 54.6 Å². The Morgan fingerprint density at radius 2 is 1.80 bits per heavy atom. The van der Waals surface area contributed by atoms with Crippen LogP contribution in [-0.4, -0.2) is 12.0 Å². The van der Waals surface area contributed by atoms with E-state index in [9.17, 15) is 4.79 Å². The maximum absolute atomic E-state index is 11.9. The lowest BCUT2D eigenvalue weighted by atomic mass is 10.2. The zero-order valence-corrected chi connectivity index (χ0v) is 11.4. The van der Waals surface area contributed by atoms with Crippen LogP contribution < -0.4 is 15.8 Å². The molecule has 0 saturated carbocycles. The lowest BCUT2D eigenvalue weighted by Crippen LogP contribution is -2.35. The Labute approximate surface area is 118 Å². The molecule has 0 heterocycles. The molecule has 0 aliphatic rings. The van der Waals surface area contributed by atoms with Gasteiger partial charge >= 0.3 is 0 Å². The number of ether oxygens (including phenoxy) is 1. The molecule has 0 aliphatic heterocycles. The summed E-state index contributed by atoms with van der Waals surface area (Å²) in [5.41, 5.74) is 7.32. The fraction of sp³-hybridized carbons (Fsp3) is 0.188. The van der Waals surface area contributed by atoms with E-state index in [0.717, 1.165) is 5.56 Å². The number of hydrogen-bond donors (Lipinski definition) is 2. The molecule has 104 valence electrons. The highest BCUT2D eigenvalue weighted by atomic mass is 16.5. The van der Waals surface area contributed by atoms with Gasteiger partial charge in [0.05, 0.1) is 0 Å². The second-order valence-electron chi connectivity index (χ2n) is 4.53. The zero-order valence-electron chi connectivity index (χ0n) is 11.4. The number of nitrogen functional groups attached to an aromatic ring is 1. The number of nitrogens with two attached hydrogens (primary N) is 1. The number of carbonyl (C=O) groups excluding carboxylic acids is 1. The van der Waals surface area contributed by atoms with Crippen LogP contribution >= 0.6 is 0 Å². The van der Waals surface area contributed by atoms with E-state index >= 15 is 0 Å². The predicted molar refractivity (Wildman–Crippen MR) is 79.2 cm³/mol. The molecular formula is C16H18N2O2. The van der Waals surface area contributed by atoms with Crippen molar-refractivity contribution in [2.75, 3.05) is 5.73 Å². The summed E-state index contributed by atoms with van der Waals surface area (Å²) in [7, 11) is 0. The van der Waals surface area contributed by atoms with Crippen molar-refractivity contribution in [3.05, 3.63) is 60.2 Å². The van der Waals surface area contributed by atoms with Crippen LogP contribution in [0.3, 0.4) is 0 Å². The standard InChI is InChI=1S/C16H18N2O2/c1-12(20-15-9-7-14(17)8-10-15)16(19)18-11-13-5-3-2-4-6-13/h2-10,12H,11,17H2,1H3,(H,18,19). The van der Waals surface area contributed by atoms with Gasteiger partial charge in [0.15, 0.2) is 6.10 Å². The van der Waals surface area contributed by atoms with Gasteiger partial charge in [-0.1, -0.05) is 30.3 Å². The third kappa shape index (κ3) is 4.02. The Hall–Kier alpha value is -2.49. The number of anilines is 1. The van der Waals surface area contributed by atoms with Gasteiger partial charge in [-0.25, -0.2) is 0 Å². The third-order valence-corrected chi connectivity index (χ3v) is 2.87. The monoisotopic (exact) mass is 270 g/mol. The number of hydrogen-bond acceptors (Lipinski definition) is 3. The second kappa shape index (κ2) is 6.61. The van der Waals surface area contributed by atoms with Crippen LogP contribution in [0.4, 0.5) is 5.69 Å². The fourth-order valence-electron chi connectivity index (χ4n) is 1.73. The molecule has 1 unspecified atom stereocenters. The van der Waals surface area contributed by atoms with Crippen molar-refractivity contribution in [1.82, 2.24) is 5.32 Å². The maximum atomic E-state index is 11.9. The predicted octanol–water partition coefficient (Wildman–Crippen LogP) is 2.35. The smallest absolute Gasteiger partial charge is 0.261 e. The molecule has 2 rings (SSSR count). The van der Waals surface area contributed by atoms with E-state index in [1.54, 1.807) is 31.2 Å². The Morgan fingerprint density at radius 1 is 1.15 bits per heavy atom. The first kappa shape index (κ1) is 13.9. The van der Waals surface area contributed by atoms with Gasteiger partial charge in [0.25, 0.3) is 5.91 Å². The van der Waals surface area contributed by atoms with E-state index in [1.165, 1.54) is 0 Å². The third-order valence-electron chi connectivity index (χ3n) is 2.87. The van der Waals surface area contributed by atoms with E-state index < -0.39 is 6.10 Å². The van der Waals surface area contributed by atoms with Crippen molar-refractivity contribution in [2.24, 2.45) is 0 Å². The minimum atomic E-state index is -0.553. The van der Waals surface area contributed by atoms with Crippen molar-refractivity contribution >= 4 is 11.6 Å². The SMILES string of the molecule is CC(Oc1ccc(N)cc1)C(=O)NCc1ccccc1. The zero-order chi connectivity index (χ0) is 14.4. The van der Waals surface area contributed by atoms with Gasteiger partial charge in [-0.2, -0.15) is 0 Å². The summed E-state index contributed by atoms with van der Waals surface area (Å²) in [6.07, 6.45) is -0.553. The summed E-state index contributed by atoms with van der Waals surface area (Å²) in [6.45, 7) is 2.21. The molecule has 0 fully saturated rings. The number of amides is 1. The quantitative estimate of drug-likeness (QED) is 0.820. The summed E-state index contributed by atoms with van der Waals surface area (Å²) in [4.78, 5) is 11.9. The van der Waals surface area contributed by atoms with Crippen molar-refractivity contribution in [3.8, 4) is 5.75 Å². The average Bonchev–Trinajstić information content (AvgIpc) is 2.48. The van der Waals surface area contributed by atoms with Crippen molar-refractivity contribution in [2.45, 2.75) is 19.6 Å². The van der Waals surface area contributed by atoms with Gasteiger partial charge in [-0.05, 0) is 36.8 Å². The van der Waals surface area contributed by atoms with E-state index in [1.807, 2.05) is 30.3 Å². The Kier molecular flexibility index (Phi) is 4.60. The van der Waals surface area contributed by atoms with Gasteiger partial charge in [0, 0.05) is 12.2 Å². The number of carbonyl (C=O) groups is 1. The first-order valence-electron chi connectivity index (χ1n) is 6.49. The van der Waals surface area contributed by atoms with Crippen LogP contribution in [0.5, 0.6) is 5.75 Å². The van der Waals surface area contributed by atoms with Crippen LogP contribution in [0, 0.1) is 0 Å². The summed E-state index contributed by atoms with van der Waals surface area (Å²) < 4.78 is 5.55. The molecule has 0 spiro atoms. The first-order chi connectivity index (χ1) is 9.65. The highest BCUT2D eigenvalue weighted by molar-refractivity contribution is 5.80. The average molecular weight is 270 g/mol. The van der Waals surface area contributed by atoms with E-state index in [2.05, 4.69) is 5.32 Å². The van der Waals surface area contributed by atoms with Crippen LogP contribution in [0.1, 0.15) is 12.5 Å². The van der Waals surface area contributed by atoms with Gasteiger partial charge in [-0.15, -0.1) is 0 Å². The fourth-order valence-corrected chi connectivity index (χ4v) is 1.73. The molecule has 4 heteroatoms. The van der Waals surface area contributed by atoms with Crippen LogP contribution in [-0.2, 0) is 11.3 Å². The summed E-state index contributed by atoms with van der Waals surface area (Å²) >= 11 is 0. The summed E-state index contributed by atoms with van der Waals surface area (Å²) in [5, 5.41) is 2.84. The van der Waals surface area contributed by atoms with Crippen molar-refractivity contribution in [1.29, 1.82) is 0 Å². The molecule has 1 atom stereocenters. The normalized spacial score (nSPS) is 11.7. The van der Waals surface area contributed by atoms with E-state index in [4.69, 9.17) is 10.5 Å². The molecule has 2 aromatic carbocycles. The van der Waals surface area contributed by atoms with Gasteiger partial charge in [-0.3, -0.25) is 4.79 Å². The summed E-state index contributed by atoms with van der Waals surface area (Å²) in [5.74, 6) is 0.479. The minimum absolute atomic E-state index is 0.148. The van der Waals surface area contributed by atoms with Crippen molar-refractivity contribution in [3.63, 3.8) is 0 Å². The second-order valence-corrected chi connectivity index (χ2v) is 4.53. The molecule has 3 N–H and O–H groups in total. The minimum Gasteiger partial charge on any atom is -0.481 e. The first-order valence-corrected chi connectivity index (χ1v) is 6.49. The topological polar surface area (TPSA) is 64.3 Å². The molecule has 0 bridgehead atoms. The lowest BCUT2D eigenvalue weighted by molar-refractivity contribution is -0.127. The summed E-state index contributed by atoms with van der Waals surface area (Å²) in [6, 6.07) is 16.7. The largest absolute Gasteiger partial charge is 0.481 e. The molecular weight excluding hydrogens is 252 g/mol. The molecule has 2 aromatic rings. The van der Waals surface area contributed by atoms with Gasteiger partial charge < -0.3 is 15.8 Å². The Balaban J connectivity index is 1.84. The van der Waals surface area contributed by atoms with Crippen molar-refractivity contribution < 1.29 is 9.53 Å². The molecule has 1 amide bonds. The lowest BCUT2D eigenvalue weighted by Gasteiger charge is -2.14. The number of rotatable bonds is 5. The molecule has 0 aliphatic carbocycles. The van der Waals surface area contributed by atoms with Gasteiger partial charge in [0.2, 0.25) is 0 Å².